The van der Waals surface area contributed by atoms with E-state index in [-0.39, 0.29) is 0 Å². The van der Waals surface area contributed by atoms with Crippen molar-refractivity contribution in [2.45, 2.75) is 34.1 Å². The molecule has 4 heteroatoms. The Kier molecular flexibility index (Phi) is 7.27. The minimum atomic E-state index is 0.662. The first kappa shape index (κ1) is 19.6. The van der Waals surface area contributed by atoms with Crippen LogP contribution >= 0.6 is 0 Å². The number of nitrogens with zero attached hydrogens (tertiary/aromatic N) is 2. The van der Waals surface area contributed by atoms with Crippen molar-refractivity contribution in [1.29, 1.82) is 0 Å². The third-order valence-electron chi connectivity index (χ3n) is 3.83. The Hall–Kier alpha value is -2.75. The first-order valence-corrected chi connectivity index (χ1v) is 9.24. The summed E-state index contributed by atoms with van der Waals surface area (Å²) >= 11 is 0. The van der Waals surface area contributed by atoms with Crippen LogP contribution in [0.25, 0.3) is 16.6 Å². The molecular weight excluding hydrogens is 322 g/mol. The van der Waals surface area contributed by atoms with E-state index in [1.165, 1.54) is 11.1 Å². The molecule has 26 heavy (non-hydrogen) atoms. The summed E-state index contributed by atoms with van der Waals surface area (Å²) in [6.45, 7) is 8.66. The lowest BCUT2D eigenvalue weighted by molar-refractivity contribution is 0.242. The quantitative estimate of drug-likeness (QED) is 0.559. The van der Waals surface area contributed by atoms with Crippen LogP contribution in [0.15, 0.2) is 66.4 Å². The summed E-state index contributed by atoms with van der Waals surface area (Å²) in [5.41, 5.74) is 4.48. The molecule has 0 bridgehead atoms. The molecule has 0 fully saturated rings. The fourth-order valence-electron chi connectivity index (χ4n) is 2.89. The Morgan fingerprint density at radius 1 is 1.35 bits per heavy atom. The third kappa shape index (κ3) is 4.88. The zero-order chi connectivity index (χ0) is 18.9. The third-order valence-corrected chi connectivity index (χ3v) is 3.83. The van der Waals surface area contributed by atoms with Gasteiger partial charge in [-0.25, -0.2) is 4.98 Å². The molecule has 0 saturated carbocycles. The average Bonchev–Trinajstić information content (AvgIpc) is 3.08. The molecule has 0 saturated heterocycles. The second-order valence-electron chi connectivity index (χ2n) is 5.80. The van der Waals surface area contributed by atoms with Gasteiger partial charge in [-0.2, -0.15) is 0 Å². The highest BCUT2D eigenvalue weighted by atomic mass is 16.5. The Labute approximate surface area is 156 Å². The number of pyridine rings is 1. The van der Waals surface area contributed by atoms with E-state index >= 15 is 0 Å². The van der Waals surface area contributed by atoms with Crippen molar-refractivity contribution in [3.63, 3.8) is 0 Å². The molecule has 0 radical (unpaired) electrons. The summed E-state index contributed by atoms with van der Waals surface area (Å²) in [7, 11) is 2.05. The van der Waals surface area contributed by atoms with Crippen LogP contribution in [0, 0.1) is 0 Å². The fraction of sp³-hybridized carbons (Fsp3) is 0.318. The van der Waals surface area contributed by atoms with Gasteiger partial charge >= 0.3 is 0 Å². The summed E-state index contributed by atoms with van der Waals surface area (Å²) in [4.78, 5) is 9.88. The van der Waals surface area contributed by atoms with Crippen molar-refractivity contribution in [2.75, 3.05) is 13.7 Å². The van der Waals surface area contributed by atoms with E-state index in [1.807, 2.05) is 59.2 Å². The molecule has 1 aliphatic rings. The smallest absolute Gasteiger partial charge is 0.137 e. The summed E-state index contributed by atoms with van der Waals surface area (Å²) in [5, 5.41) is 1.13. The molecule has 0 aromatic carbocycles. The number of fused-ring (bicyclic) bond motifs is 1. The van der Waals surface area contributed by atoms with Gasteiger partial charge in [0, 0.05) is 43.1 Å². The standard InChI is InChI=1S/C20H23N3O.C2H6/c1-4-7-18(24-5-2)11-15-10-17(14-23(3)13-15)19-12-16-8-6-9-21-20(16)22-19;1-2/h4,6-9,11-14H,5,10H2,1-3H3,(H,21,22);1-2H3/b7-4-,18-11+;. The second-order valence-corrected chi connectivity index (χ2v) is 5.80. The number of hydrogen-bond donors (Lipinski definition) is 1. The number of hydrogen-bond acceptors (Lipinski definition) is 3. The number of ether oxygens (including phenoxy) is 1. The highest BCUT2D eigenvalue weighted by Crippen LogP contribution is 2.29. The van der Waals surface area contributed by atoms with Crippen LogP contribution in [0.2, 0.25) is 0 Å². The second kappa shape index (κ2) is 9.66. The minimum Gasteiger partial charge on any atom is -0.494 e. The van der Waals surface area contributed by atoms with Gasteiger partial charge < -0.3 is 14.6 Å². The normalized spacial score (nSPS) is 14.8. The molecule has 2 aromatic rings. The van der Waals surface area contributed by atoms with E-state index in [2.05, 4.69) is 45.5 Å². The number of aromatic nitrogens is 2. The van der Waals surface area contributed by atoms with Gasteiger partial charge in [-0.1, -0.05) is 19.9 Å². The predicted octanol–water partition coefficient (Wildman–Crippen LogP) is 5.65. The van der Waals surface area contributed by atoms with E-state index in [1.54, 1.807) is 0 Å². The molecule has 1 aliphatic heterocycles. The number of H-pyrrole nitrogens is 1. The Morgan fingerprint density at radius 3 is 2.85 bits per heavy atom. The molecule has 0 spiro atoms. The van der Waals surface area contributed by atoms with Gasteiger partial charge in [-0.05, 0) is 55.3 Å². The Bertz CT molecular complexity index is 807. The molecule has 3 rings (SSSR count). The number of rotatable bonds is 5. The van der Waals surface area contributed by atoms with Gasteiger partial charge in [0.15, 0.2) is 0 Å². The van der Waals surface area contributed by atoms with Gasteiger partial charge in [0.05, 0.1) is 6.61 Å². The number of aromatic amines is 1. The SMILES string of the molecule is C/C=C\C(=C/C1=CN(C)C=C(c2cc3cccnc3[nH]2)C1)OCC.CC. The lowest BCUT2D eigenvalue weighted by Crippen LogP contribution is -2.09. The van der Waals surface area contributed by atoms with Crippen LogP contribution in [0.4, 0.5) is 0 Å². The van der Waals surface area contributed by atoms with E-state index in [0.717, 1.165) is 28.9 Å². The van der Waals surface area contributed by atoms with Gasteiger partial charge in [0.25, 0.3) is 0 Å². The highest BCUT2D eigenvalue weighted by Gasteiger charge is 2.13. The summed E-state index contributed by atoms with van der Waals surface area (Å²) in [6.07, 6.45) is 13.0. The van der Waals surface area contributed by atoms with Crippen molar-refractivity contribution in [1.82, 2.24) is 14.9 Å². The first-order valence-electron chi connectivity index (χ1n) is 9.24. The topological polar surface area (TPSA) is 41.2 Å². The molecule has 0 atom stereocenters. The van der Waals surface area contributed by atoms with Crippen molar-refractivity contribution < 1.29 is 4.74 Å². The van der Waals surface area contributed by atoms with Crippen molar-refractivity contribution in [3.8, 4) is 0 Å². The minimum absolute atomic E-state index is 0.662. The van der Waals surface area contributed by atoms with E-state index in [4.69, 9.17) is 4.74 Å². The lowest BCUT2D eigenvalue weighted by Gasteiger charge is -2.20. The molecule has 2 aromatic heterocycles. The summed E-state index contributed by atoms with van der Waals surface area (Å²) < 4.78 is 5.69. The van der Waals surface area contributed by atoms with E-state index in [0.29, 0.717) is 6.61 Å². The van der Waals surface area contributed by atoms with Crippen LogP contribution < -0.4 is 0 Å². The van der Waals surface area contributed by atoms with E-state index < -0.39 is 0 Å². The fourth-order valence-corrected chi connectivity index (χ4v) is 2.89. The molecule has 3 heterocycles. The molecular formula is C22H29N3O. The lowest BCUT2D eigenvalue weighted by atomic mass is 10.0. The molecule has 1 N–H and O–H groups in total. The predicted molar refractivity (Wildman–Crippen MR) is 110 cm³/mol. The molecule has 138 valence electrons. The molecule has 0 unspecified atom stereocenters. The average molecular weight is 351 g/mol. The first-order chi connectivity index (χ1) is 12.7. The Balaban J connectivity index is 0.00000117. The van der Waals surface area contributed by atoms with Crippen LogP contribution in [0.5, 0.6) is 0 Å². The highest BCUT2D eigenvalue weighted by molar-refractivity contribution is 5.82. The maximum atomic E-state index is 5.69. The van der Waals surface area contributed by atoms with Crippen LogP contribution in [-0.2, 0) is 4.74 Å². The Morgan fingerprint density at radius 2 is 2.15 bits per heavy atom. The van der Waals surface area contributed by atoms with Gasteiger partial charge in [-0.3, -0.25) is 0 Å². The maximum Gasteiger partial charge on any atom is 0.137 e. The van der Waals surface area contributed by atoms with E-state index in [9.17, 15) is 0 Å². The van der Waals surface area contributed by atoms with Crippen molar-refractivity contribution in [3.05, 3.63) is 72.1 Å². The maximum absolute atomic E-state index is 5.69. The summed E-state index contributed by atoms with van der Waals surface area (Å²) in [5.74, 6) is 0.888. The zero-order valence-electron chi connectivity index (χ0n) is 16.4. The van der Waals surface area contributed by atoms with Gasteiger partial charge in [0.1, 0.15) is 11.4 Å². The molecule has 4 nitrogen and oxygen atoms in total. The molecule has 0 amide bonds. The number of nitrogens with one attached hydrogen (secondary N) is 1. The van der Waals surface area contributed by atoms with Crippen LogP contribution in [0.1, 0.15) is 39.8 Å². The molecule has 0 aliphatic carbocycles. The van der Waals surface area contributed by atoms with Crippen molar-refractivity contribution >= 4 is 16.6 Å². The summed E-state index contributed by atoms with van der Waals surface area (Å²) in [6, 6.07) is 6.19. The van der Waals surface area contributed by atoms with Gasteiger partial charge in [-0.15, -0.1) is 0 Å². The van der Waals surface area contributed by atoms with Crippen LogP contribution in [0.3, 0.4) is 0 Å². The van der Waals surface area contributed by atoms with Gasteiger partial charge in [0.2, 0.25) is 0 Å². The van der Waals surface area contributed by atoms with Crippen LogP contribution in [-0.4, -0.2) is 28.5 Å². The largest absolute Gasteiger partial charge is 0.494 e. The number of allylic oxidation sites excluding steroid dienone is 5. The zero-order valence-corrected chi connectivity index (χ0v) is 16.4. The van der Waals surface area contributed by atoms with Crippen molar-refractivity contribution in [2.24, 2.45) is 0 Å². The monoisotopic (exact) mass is 351 g/mol.